The van der Waals surface area contributed by atoms with Gasteiger partial charge in [0.1, 0.15) is 0 Å². The quantitative estimate of drug-likeness (QED) is 0.878. The molecule has 0 unspecified atom stereocenters. The minimum Gasteiger partial charge on any atom is -0.358 e. The summed E-state index contributed by atoms with van der Waals surface area (Å²) in [5.41, 5.74) is 3.76. The molecule has 4 nitrogen and oxygen atoms in total. The number of amides is 1. The molecule has 100 valence electrons. The highest BCUT2D eigenvalue weighted by Gasteiger charge is 2.23. The molecule has 3 rings (SSSR count). The number of hydrogen-bond acceptors (Lipinski definition) is 2. The van der Waals surface area contributed by atoms with E-state index in [4.69, 9.17) is 0 Å². The smallest absolute Gasteiger partial charge is 0.224 e. The lowest BCUT2D eigenvalue weighted by atomic mass is 10.0. The third-order valence-corrected chi connectivity index (χ3v) is 3.82. The van der Waals surface area contributed by atoms with E-state index in [1.807, 2.05) is 18.0 Å². The van der Waals surface area contributed by atoms with Crippen molar-refractivity contribution in [2.45, 2.75) is 19.4 Å². The van der Waals surface area contributed by atoms with E-state index < -0.39 is 0 Å². The average Bonchev–Trinajstić information content (AvgIpc) is 2.82. The second-order valence-electron chi connectivity index (χ2n) is 5.05. The summed E-state index contributed by atoms with van der Waals surface area (Å²) in [4.78, 5) is 17.5. The number of fused-ring (bicyclic) bond motifs is 3. The van der Waals surface area contributed by atoms with E-state index in [-0.39, 0.29) is 5.91 Å². The van der Waals surface area contributed by atoms with Crippen molar-refractivity contribution in [3.8, 4) is 0 Å². The fraction of sp³-hybridized carbons (Fsp3) is 0.400. The summed E-state index contributed by atoms with van der Waals surface area (Å²) >= 11 is 0. The van der Waals surface area contributed by atoms with Crippen molar-refractivity contribution in [1.29, 1.82) is 0 Å². The van der Waals surface area contributed by atoms with Gasteiger partial charge < -0.3 is 15.2 Å². The fourth-order valence-corrected chi connectivity index (χ4v) is 2.77. The second-order valence-corrected chi connectivity index (χ2v) is 5.05. The van der Waals surface area contributed by atoms with Gasteiger partial charge in [-0.15, -0.1) is 0 Å². The Balaban J connectivity index is 1.84. The number of aromatic amines is 1. The predicted molar refractivity (Wildman–Crippen MR) is 76.0 cm³/mol. The highest BCUT2D eigenvalue weighted by Crippen LogP contribution is 2.27. The van der Waals surface area contributed by atoms with Crippen LogP contribution in [0.25, 0.3) is 10.9 Å². The molecule has 1 aromatic heterocycles. The fourth-order valence-electron chi connectivity index (χ4n) is 2.77. The first-order valence-electron chi connectivity index (χ1n) is 6.80. The number of aromatic nitrogens is 1. The molecule has 1 aromatic carbocycles. The number of nitrogens with one attached hydrogen (secondary N) is 2. The van der Waals surface area contributed by atoms with Gasteiger partial charge in [-0.3, -0.25) is 4.79 Å². The van der Waals surface area contributed by atoms with Gasteiger partial charge >= 0.3 is 0 Å². The lowest BCUT2D eigenvalue weighted by molar-refractivity contribution is -0.132. The van der Waals surface area contributed by atoms with E-state index in [9.17, 15) is 4.79 Å². The molecule has 0 aliphatic carbocycles. The van der Waals surface area contributed by atoms with Crippen molar-refractivity contribution in [3.05, 3.63) is 35.5 Å². The lowest BCUT2D eigenvalue weighted by Crippen LogP contribution is -2.36. The van der Waals surface area contributed by atoms with Crippen molar-refractivity contribution < 1.29 is 4.79 Å². The van der Waals surface area contributed by atoms with Crippen LogP contribution in [-0.4, -0.2) is 35.9 Å². The van der Waals surface area contributed by atoms with Gasteiger partial charge in [0.2, 0.25) is 5.91 Å². The maximum absolute atomic E-state index is 12.1. The van der Waals surface area contributed by atoms with E-state index in [0.717, 1.165) is 26.1 Å². The number of benzene rings is 1. The van der Waals surface area contributed by atoms with Crippen LogP contribution < -0.4 is 5.32 Å². The Bertz CT molecular complexity index is 602. The maximum atomic E-state index is 12.1. The van der Waals surface area contributed by atoms with E-state index in [0.29, 0.717) is 6.42 Å². The molecule has 0 saturated carbocycles. The Labute approximate surface area is 112 Å². The van der Waals surface area contributed by atoms with Crippen molar-refractivity contribution in [1.82, 2.24) is 15.2 Å². The van der Waals surface area contributed by atoms with E-state index in [2.05, 4.69) is 28.5 Å². The molecular formula is C15H19N3O. The first-order chi connectivity index (χ1) is 9.29. The topological polar surface area (TPSA) is 48.1 Å². The van der Waals surface area contributed by atoms with Gasteiger partial charge in [-0.1, -0.05) is 18.2 Å². The zero-order valence-electron chi connectivity index (χ0n) is 11.2. The van der Waals surface area contributed by atoms with Gasteiger partial charge in [-0.25, -0.2) is 0 Å². The summed E-state index contributed by atoms with van der Waals surface area (Å²) in [6.07, 6.45) is 1.50. The van der Waals surface area contributed by atoms with Crippen LogP contribution in [0, 0.1) is 0 Å². The molecule has 0 saturated heterocycles. The molecule has 0 atom stereocenters. The first kappa shape index (κ1) is 12.2. The number of rotatable bonds is 3. The first-order valence-corrected chi connectivity index (χ1v) is 6.80. The van der Waals surface area contributed by atoms with Crippen LogP contribution in [0.3, 0.4) is 0 Å². The monoisotopic (exact) mass is 257 g/mol. The summed E-state index contributed by atoms with van der Waals surface area (Å²) in [5.74, 6) is 0.241. The van der Waals surface area contributed by atoms with Crippen molar-refractivity contribution in [2.75, 3.05) is 20.1 Å². The van der Waals surface area contributed by atoms with Gasteiger partial charge in [0.25, 0.3) is 0 Å². The maximum Gasteiger partial charge on any atom is 0.224 e. The molecule has 0 bridgehead atoms. The minimum atomic E-state index is 0.241. The average molecular weight is 257 g/mol. The molecule has 1 aliphatic heterocycles. The van der Waals surface area contributed by atoms with Crippen LogP contribution in [0.5, 0.6) is 0 Å². The third kappa shape index (κ3) is 2.24. The zero-order valence-corrected chi connectivity index (χ0v) is 11.2. The Morgan fingerprint density at radius 2 is 2.26 bits per heavy atom. The Kier molecular flexibility index (Phi) is 3.25. The van der Waals surface area contributed by atoms with Crippen LogP contribution >= 0.6 is 0 Å². The van der Waals surface area contributed by atoms with Crippen LogP contribution in [0.4, 0.5) is 0 Å². The van der Waals surface area contributed by atoms with Crippen molar-refractivity contribution in [2.24, 2.45) is 0 Å². The highest BCUT2D eigenvalue weighted by atomic mass is 16.2. The van der Waals surface area contributed by atoms with Gasteiger partial charge in [0.15, 0.2) is 0 Å². The van der Waals surface area contributed by atoms with E-state index in [1.54, 1.807) is 0 Å². The number of carbonyl (C=O) groups excluding carboxylic acids is 1. The number of para-hydroxylation sites is 1. The van der Waals surface area contributed by atoms with Crippen LogP contribution in [-0.2, 0) is 17.8 Å². The minimum absolute atomic E-state index is 0.241. The predicted octanol–water partition coefficient (Wildman–Crippen LogP) is 1.66. The second kappa shape index (κ2) is 5.05. The number of carbonyl (C=O) groups is 1. The molecule has 19 heavy (non-hydrogen) atoms. The summed E-state index contributed by atoms with van der Waals surface area (Å²) in [6.45, 7) is 2.31. The molecule has 4 heteroatoms. The van der Waals surface area contributed by atoms with Crippen LogP contribution in [0.1, 0.15) is 17.7 Å². The Morgan fingerprint density at radius 1 is 1.42 bits per heavy atom. The van der Waals surface area contributed by atoms with E-state index in [1.165, 1.54) is 22.2 Å². The van der Waals surface area contributed by atoms with Crippen LogP contribution in [0.15, 0.2) is 24.3 Å². The third-order valence-electron chi connectivity index (χ3n) is 3.82. The summed E-state index contributed by atoms with van der Waals surface area (Å²) in [7, 11) is 1.88. The SMILES string of the molecule is CNCCC(=O)N1CCc2[nH]c3ccccc3c2C1. The largest absolute Gasteiger partial charge is 0.358 e. The number of hydrogen-bond donors (Lipinski definition) is 2. The molecule has 1 amide bonds. The van der Waals surface area contributed by atoms with Crippen LogP contribution in [0.2, 0.25) is 0 Å². The molecule has 2 heterocycles. The Hall–Kier alpha value is -1.81. The molecule has 1 aliphatic rings. The van der Waals surface area contributed by atoms with Crippen molar-refractivity contribution in [3.63, 3.8) is 0 Å². The highest BCUT2D eigenvalue weighted by molar-refractivity contribution is 5.86. The molecule has 0 spiro atoms. The van der Waals surface area contributed by atoms with Gasteiger partial charge in [-0.05, 0) is 13.1 Å². The van der Waals surface area contributed by atoms with Crippen molar-refractivity contribution >= 4 is 16.8 Å². The van der Waals surface area contributed by atoms with Gasteiger partial charge in [0, 0.05) is 54.6 Å². The summed E-state index contributed by atoms with van der Waals surface area (Å²) in [5, 5.41) is 4.28. The van der Waals surface area contributed by atoms with Gasteiger partial charge in [0.05, 0.1) is 0 Å². The summed E-state index contributed by atoms with van der Waals surface area (Å²) < 4.78 is 0. The number of H-pyrrole nitrogens is 1. The normalized spacial score (nSPS) is 14.7. The molecule has 0 fully saturated rings. The van der Waals surface area contributed by atoms with Gasteiger partial charge in [-0.2, -0.15) is 0 Å². The molecule has 0 radical (unpaired) electrons. The number of nitrogens with zero attached hydrogens (tertiary/aromatic N) is 1. The Morgan fingerprint density at radius 3 is 3.11 bits per heavy atom. The molecule has 2 aromatic rings. The lowest BCUT2D eigenvalue weighted by Gasteiger charge is -2.27. The standard InChI is InChI=1S/C15H19N3O/c1-16-8-6-15(19)18-9-7-14-12(10-18)11-4-2-3-5-13(11)17-14/h2-5,16-17H,6-10H2,1H3. The summed E-state index contributed by atoms with van der Waals surface area (Å²) in [6, 6.07) is 8.32. The van der Waals surface area contributed by atoms with E-state index >= 15 is 0 Å². The molecular weight excluding hydrogens is 238 g/mol. The molecule has 2 N–H and O–H groups in total. The zero-order chi connectivity index (χ0) is 13.2.